The van der Waals surface area contributed by atoms with Crippen LogP contribution in [-0.4, -0.2) is 48.6 Å². The maximum Gasteiger partial charge on any atom is 0.164 e. The first-order chi connectivity index (χ1) is 71.9. The molecule has 676 valence electrons. The van der Waals surface area contributed by atoms with Crippen molar-refractivity contribution in [1.29, 1.82) is 0 Å². The summed E-state index contributed by atoms with van der Waals surface area (Å²) < 4.78 is 7.19. The smallest absolute Gasteiger partial charge is 0.164 e. The van der Waals surface area contributed by atoms with Gasteiger partial charge in [-0.2, -0.15) is 0 Å². The van der Waals surface area contributed by atoms with E-state index in [1.807, 2.05) is 97.6 Å². The number of aromatic nitrogens is 10. The van der Waals surface area contributed by atoms with Gasteiger partial charge < -0.3 is 13.7 Å². The van der Waals surface area contributed by atoms with Crippen LogP contribution >= 0.6 is 0 Å². The van der Waals surface area contributed by atoms with Crippen LogP contribution < -0.4 is 0 Å². The zero-order valence-electron chi connectivity index (χ0n) is 78.6. The van der Waals surface area contributed by atoms with Crippen molar-refractivity contribution in [2.75, 3.05) is 0 Å². The lowest BCUT2D eigenvalue weighted by molar-refractivity contribution is 1.08. The van der Waals surface area contributed by atoms with E-state index < -0.39 is 0 Å². The van der Waals surface area contributed by atoms with E-state index in [9.17, 15) is 0 Å². The molecule has 29 aromatic rings. The minimum atomic E-state index is 0.657. The van der Waals surface area contributed by atoms with Gasteiger partial charge in [-0.1, -0.05) is 352 Å². The van der Waals surface area contributed by atoms with Crippen molar-refractivity contribution in [2.24, 2.45) is 0 Å². The van der Waals surface area contributed by atoms with Crippen LogP contribution in [0.15, 0.2) is 522 Å². The van der Waals surface area contributed by atoms with E-state index in [1.165, 1.54) is 164 Å². The molecule has 0 saturated carbocycles. The molecule has 0 amide bonds. The van der Waals surface area contributed by atoms with Crippen LogP contribution in [0.2, 0.25) is 0 Å². The maximum atomic E-state index is 5.16. The van der Waals surface area contributed by atoms with Gasteiger partial charge in [0, 0.05) is 107 Å². The molecular weight excluding hydrogens is 1760 g/mol. The quantitative estimate of drug-likeness (QED) is 0.0887. The van der Waals surface area contributed by atoms with Gasteiger partial charge >= 0.3 is 0 Å². The van der Waals surface area contributed by atoms with Crippen LogP contribution in [0.1, 0.15) is 0 Å². The SMILES string of the molecule is c1cc(-c2ccncc2)cc(-c2cc(-c3ccc(-n4c5cccc6ccc7cccc4c7c65)cc3)cc(-c3cccc(-c4ccncc4)c3)c2)c1.c1ccc(-c2ccc(-c3cc(-c4ccc(-c5ccccc5)cc4)nc(-c4ccc(-n5c6cccc7ccc8cccc5c8c76)cc4)n3)cc2)cc1.c1ccc(-c2nc(-c3ccccc3)nc(-c3ccc(-n4c5cccc6ccc7cccc4c7c65)c4ccccc34)n2)cc1. The molecule has 10 heteroatoms. The van der Waals surface area contributed by atoms with Gasteiger partial charge in [0.05, 0.1) is 50.2 Å². The van der Waals surface area contributed by atoms with E-state index in [0.717, 1.165) is 83.7 Å². The Morgan fingerprint density at radius 3 is 0.779 bits per heavy atom. The minimum absolute atomic E-state index is 0.657. The third-order valence-electron chi connectivity index (χ3n) is 28.5. The number of benzene rings is 22. The molecule has 0 radical (unpaired) electrons. The lowest BCUT2D eigenvalue weighted by atomic mass is 9.91. The summed E-state index contributed by atoms with van der Waals surface area (Å²) in [6, 6.07) is 177. The molecule has 0 atom stereocenters. The summed E-state index contributed by atoms with van der Waals surface area (Å²) in [5, 5.41) is 17.7. The van der Waals surface area contributed by atoms with Gasteiger partial charge in [-0.15, -0.1) is 0 Å². The molecule has 0 spiro atoms. The Hall–Kier alpha value is -19.6. The number of hydrogen-bond donors (Lipinski definition) is 0. The predicted molar refractivity (Wildman–Crippen MR) is 601 cm³/mol. The molecule has 0 N–H and O–H groups in total. The van der Waals surface area contributed by atoms with E-state index in [0.29, 0.717) is 23.3 Å². The highest BCUT2D eigenvalue weighted by atomic mass is 15.0. The van der Waals surface area contributed by atoms with Crippen molar-refractivity contribution in [1.82, 2.24) is 48.6 Å². The molecule has 0 saturated heterocycles. The van der Waals surface area contributed by atoms with Gasteiger partial charge in [0.15, 0.2) is 23.3 Å². The minimum Gasteiger partial charge on any atom is -0.309 e. The standard InChI is InChI=1S/2C48H31N3.C39H24N4/c1-7-37(33-19-23-49-24-20-33)27-39(9-1)42-29-41(30-43(31-42)40-10-2-8-38(28-40)34-21-25-50-26-22-34)32-15-17-44(18-16-32)51-45-11-3-5-35-13-14-36-6-4-12-46(51)48(36)47(35)45;1-3-9-32(10-4-1)34-17-21-36(22-18-34)42-31-43(37-23-19-35(20-24-37)33-11-5-2-6-12-33)50-48(49-42)40-27-29-41(30-28-40)51-44-15-7-13-38-25-26-39-14-8-16-45(51)47(39)46(38)44;1-3-11-27(12-4-1)37-40-38(28-13-5-2-6-14-28)42-39(41-37)31-23-24-32(30-18-8-7-17-29(30)31)43-33-19-9-15-25-21-22-26-16-10-20-34(43)36(26)35(25)33/h2*1-31H;1-24H. The fraction of sp³-hybridized carbons (Fsp3) is 0. The topological polar surface area (TPSA) is 105 Å². The molecule has 0 fully saturated rings. The molecule has 7 aromatic heterocycles. The van der Waals surface area contributed by atoms with Gasteiger partial charge in [-0.3, -0.25) is 9.97 Å². The van der Waals surface area contributed by atoms with E-state index >= 15 is 0 Å². The summed E-state index contributed by atoms with van der Waals surface area (Å²) in [4.78, 5) is 33.7. The van der Waals surface area contributed by atoms with E-state index in [1.54, 1.807) is 0 Å². The Labute approximate surface area is 836 Å². The summed E-state index contributed by atoms with van der Waals surface area (Å²) >= 11 is 0. The first kappa shape index (κ1) is 84.7. The van der Waals surface area contributed by atoms with Crippen LogP contribution in [0.5, 0.6) is 0 Å². The number of pyridine rings is 2. The second-order valence-electron chi connectivity index (χ2n) is 37.0. The van der Waals surface area contributed by atoms with E-state index in [4.69, 9.17) is 24.9 Å². The molecule has 0 aliphatic carbocycles. The van der Waals surface area contributed by atoms with Crippen LogP contribution in [0.4, 0.5) is 0 Å². The average Bonchev–Trinajstić information content (AvgIpc) is 1.59. The molecule has 7 heterocycles. The molecule has 29 rings (SSSR count). The van der Waals surface area contributed by atoms with Crippen molar-refractivity contribution in [3.05, 3.63) is 522 Å². The summed E-state index contributed by atoms with van der Waals surface area (Å²) in [6.45, 7) is 0. The van der Waals surface area contributed by atoms with Crippen molar-refractivity contribution in [3.63, 3.8) is 0 Å². The highest BCUT2D eigenvalue weighted by molar-refractivity contribution is 6.27. The Bertz CT molecular complexity index is 9420. The van der Waals surface area contributed by atoms with E-state index in [2.05, 4.69) is 448 Å². The highest BCUT2D eigenvalue weighted by Crippen LogP contribution is 2.47. The Morgan fingerprint density at radius 2 is 0.400 bits per heavy atom. The number of fused-ring (bicyclic) bond motifs is 1. The molecule has 145 heavy (non-hydrogen) atoms. The summed E-state index contributed by atoms with van der Waals surface area (Å²) in [7, 11) is 0. The Balaban J connectivity index is 0.000000108. The second kappa shape index (κ2) is 36.0. The fourth-order valence-electron chi connectivity index (χ4n) is 21.6. The molecular formula is C135H86N10. The maximum absolute atomic E-state index is 5.16. The van der Waals surface area contributed by atoms with Crippen molar-refractivity contribution in [2.45, 2.75) is 0 Å². The van der Waals surface area contributed by atoms with E-state index in [-0.39, 0.29) is 0 Å². The Kier molecular flexibility index (Phi) is 21.0. The molecule has 0 aliphatic rings. The van der Waals surface area contributed by atoms with Gasteiger partial charge in [-0.05, 0) is 261 Å². The average molecular weight is 1850 g/mol. The summed E-state index contributed by atoms with van der Waals surface area (Å²) in [5.74, 6) is 2.67. The lowest BCUT2D eigenvalue weighted by Gasteiger charge is -2.15. The van der Waals surface area contributed by atoms with Gasteiger partial charge in [0.1, 0.15) is 0 Å². The van der Waals surface area contributed by atoms with Crippen LogP contribution in [-0.2, 0) is 0 Å². The van der Waals surface area contributed by atoms with Gasteiger partial charge in [0.2, 0.25) is 0 Å². The largest absolute Gasteiger partial charge is 0.309 e. The summed E-state index contributed by atoms with van der Waals surface area (Å²) in [5.41, 5.74) is 34.9. The monoisotopic (exact) mass is 1850 g/mol. The third-order valence-corrected chi connectivity index (χ3v) is 28.5. The summed E-state index contributed by atoms with van der Waals surface area (Å²) in [6.07, 6.45) is 7.40. The highest BCUT2D eigenvalue weighted by Gasteiger charge is 2.25. The van der Waals surface area contributed by atoms with Crippen molar-refractivity contribution < 1.29 is 0 Å². The number of hydrogen-bond acceptors (Lipinski definition) is 7. The normalized spacial score (nSPS) is 11.6. The first-order valence-corrected chi connectivity index (χ1v) is 49.1. The zero-order chi connectivity index (χ0) is 95.8. The fourth-order valence-corrected chi connectivity index (χ4v) is 21.6. The molecule has 0 bridgehead atoms. The van der Waals surface area contributed by atoms with Crippen molar-refractivity contribution >= 4 is 109 Å². The molecule has 0 aliphatic heterocycles. The second-order valence-corrected chi connectivity index (χ2v) is 37.0. The molecule has 0 unspecified atom stereocenters. The number of rotatable bonds is 16. The number of nitrogens with zero attached hydrogens (tertiary/aromatic N) is 10. The van der Waals surface area contributed by atoms with Crippen LogP contribution in [0.25, 0.3) is 272 Å². The zero-order valence-corrected chi connectivity index (χ0v) is 78.6. The van der Waals surface area contributed by atoms with Gasteiger partial charge in [-0.25, -0.2) is 24.9 Å². The van der Waals surface area contributed by atoms with Gasteiger partial charge in [0.25, 0.3) is 0 Å². The van der Waals surface area contributed by atoms with Crippen LogP contribution in [0, 0.1) is 0 Å². The Morgan fingerprint density at radius 1 is 0.145 bits per heavy atom. The van der Waals surface area contributed by atoms with Crippen molar-refractivity contribution in [3.8, 4) is 163 Å². The molecule has 22 aromatic carbocycles. The third kappa shape index (κ3) is 15.5. The van der Waals surface area contributed by atoms with Crippen LogP contribution in [0.3, 0.4) is 0 Å². The first-order valence-electron chi connectivity index (χ1n) is 49.1. The lowest BCUT2D eigenvalue weighted by Crippen LogP contribution is -2.01. The predicted octanol–water partition coefficient (Wildman–Crippen LogP) is 34.7. The molecule has 10 nitrogen and oxygen atoms in total.